The van der Waals surface area contributed by atoms with E-state index in [0.717, 1.165) is 30.0 Å². The third-order valence-corrected chi connectivity index (χ3v) is 3.65. The molecule has 0 aromatic heterocycles. The first-order chi connectivity index (χ1) is 9.10. The largest absolute Gasteiger partial charge is 0.316 e. The van der Waals surface area contributed by atoms with Crippen LogP contribution in [0.3, 0.4) is 0 Å². The monoisotopic (exact) mass is 283 g/mol. The van der Waals surface area contributed by atoms with Gasteiger partial charge in [0.05, 0.1) is 4.90 Å². The molecule has 2 aromatic carbocycles. The van der Waals surface area contributed by atoms with Crippen molar-refractivity contribution in [3.05, 3.63) is 59.4 Å². The predicted octanol–water partition coefficient (Wildman–Crippen LogP) is 3.97. The fourth-order valence-electron chi connectivity index (χ4n) is 1.65. The molecule has 0 aliphatic carbocycles. The highest BCUT2D eigenvalue weighted by atomic mass is 32.2. The number of halogens is 3. The Morgan fingerprint density at radius 2 is 1.63 bits per heavy atom. The first-order valence-electron chi connectivity index (χ1n) is 5.66. The zero-order valence-corrected chi connectivity index (χ0v) is 11.0. The normalized spacial score (nSPS) is 10.7. The van der Waals surface area contributed by atoms with Gasteiger partial charge in [-0.3, -0.25) is 0 Å². The summed E-state index contributed by atoms with van der Waals surface area (Å²) >= 11 is 1.08. The summed E-state index contributed by atoms with van der Waals surface area (Å²) in [5.74, 6) is -1.35. The lowest BCUT2D eigenvalue weighted by Crippen LogP contribution is -2.06. The van der Waals surface area contributed by atoms with Crippen LogP contribution in [0.25, 0.3) is 0 Å². The minimum absolute atomic E-state index is 0.184. The number of benzene rings is 2. The zero-order valence-electron chi connectivity index (χ0n) is 10.2. The van der Waals surface area contributed by atoms with Gasteiger partial charge in [0.1, 0.15) is 17.5 Å². The van der Waals surface area contributed by atoms with E-state index in [1.54, 1.807) is 13.1 Å². The van der Waals surface area contributed by atoms with E-state index in [2.05, 4.69) is 5.32 Å². The van der Waals surface area contributed by atoms with Gasteiger partial charge in [0.15, 0.2) is 0 Å². The van der Waals surface area contributed by atoms with Crippen LogP contribution in [0.15, 0.2) is 46.2 Å². The number of hydrogen-bond donors (Lipinski definition) is 1. The molecule has 1 nitrogen and oxygen atoms in total. The maximum Gasteiger partial charge on any atom is 0.137 e. The molecule has 0 radical (unpaired) electrons. The van der Waals surface area contributed by atoms with E-state index in [4.69, 9.17) is 0 Å². The second kappa shape index (κ2) is 6.12. The van der Waals surface area contributed by atoms with Gasteiger partial charge in [-0.2, -0.15) is 0 Å². The molecular formula is C14H12F3NS. The van der Waals surface area contributed by atoms with Crippen molar-refractivity contribution in [2.24, 2.45) is 0 Å². The molecule has 0 aliphatic heterocycles. The molecule has 1 N–H and O–H groups in total. The van der Waals surface area contributed by atoms with Crippen LogP contribution in [0.4, 0.5) is 13.2 Å². The molecule has 0 bridgehead atoms. The minimum Gasteiger partial charge on any atom is -0.316 e. The SMILES string of the molecule is CNCc1cc(F)ccc1Sc1cc(F)ccc1F. The summed E-state index contributed by atoms with van der Waals surface area (Å²) in [6, 6.07) is 7.54. The second-order valence-corrected chi connectivity index (χ2v) is 5.04. The molecule has 19 heavy (non-hydrogen) atoms. The van der Waals surface area contributed by atoms with E-state index >= 15 is 0 Å². The maximum atomic E-state index is 13.6. The maximum absolute atomic E-state index is 13.6. The first kappa shape index (κ1) is 14.0. The van der Waals surface area contributed by atoms with Crippen LogP contribution in [-0.2, 0) is 6.54 Å². The smallest absolute Gasteiger partial charge is 0.137 e. The summed E-state index contributed by atoms with van der Waals surface area (Å²) in [6.45, 7) is 0.455. The highest BCUT2D eigenvalue weighted by molar-refractivity contribution is 7.99. The van der Waals surface area contributed by atoms with Crippen molar-refractivity contribution in [2.75, 3.05) is 7.05 Å². The summed E-state index contributed by atoms with van der Waals surface area (Å²) in [5, 5.41) is 2.92. The molecule has 0 unspecified atom stereocenters. The third-order valence-electron chi connectivity index (χ3n) is 2.50. The van der Waals surface area contributed by atoms with Crippen LogP contribution in [0.2, 0.25) is 0 Å². The van der Waals surface area contributed by atoms with E-state index in [1.807, 2.05) is 0 Å². The summed E-state index contributed by atoms with van der Waals surface area (Å²) in [7, 11) is 1.74. The lowest BCUT2D eigenvalue weighted by Gasteiger charge is -2.09. The molecule has 0 saturated heterocycles. The van der Waals surface area contributed by atoms with Crippen molar-refractivity contribution in [2.45, 2.75) is 16.3 Å². The average molecular weight is 283 g/mol. The molecular weight excluding hydrogens is 271 g/mol. The first-order valence-corrected chi connectivity index (χ1v) is 6.47. The van der Waals surface area contributed by atoms with Gasteiger partial charge in [-0.15, -0.1) is 0 Å². The number of hydrogen-bond acceptors (Lipinski definition) is 2. The van der Waals surface area contributed by atoms with Gasteiger partial charge < -0.3 is 5.32 Å². The predicted molar refractivity (Wildman–Crippen MR) is 69.6 cm³/mol. The van der Waals surface area contributed by atoms with Gasteiger partial charge in [-0.1, -0.05) is 11.8 Å². The van der Waals surface area contributed by atoms with E-state index in [1.165, 1.54) is 12.1 Å². The Morgan fingerprint density at radius 1 is 0.947 bits per heavy atom. The van der Waals surface area contributed by atoms with Gasteiger partial charge in [-0.25, -0.2) is 13.2 Å². The Labute approximate surface area is 113 Å². The standard InChI is InChI=1S/C14H12F3NS/c1-18-8-9-6-10(15)3-5-13(9)19-14-7-11(16)2-4-12(14)17/h2-7,18H,8H2,1H3. The van der Waals surface area contributed by atoms with E-state index in [0.29, 0.717) is 17.0 Å². The average Bonchev–Trinajstić information content (AvgIpc) is 2.37. The highest BCUT2D eigenvalue weighted by Gasteiger charge is 2.10. The lowest BCUT2D eigenvalue weighted by atomic mass is 10.2. The zero-order chi connectivity index (χ0) is 13.8. The van der Waals surface area contributed by atoms with E-state index in [9.17, 15) is 13.2 Å². The van der Waals surface area contributed by atoms with Crippen LogP contribution < -0.4 is 5.32 Å². The molecule has 5 heteroatoms. The quantitative estimate of drug-likeness (QED) is 0.911. The van der Waals surface area contributed by atoms with Crippen LogP contribution in [-0.4, -0.2) is 7.05 Å². The van der Waals surface area contributed by atoms with E-state index in [-0.39, 0.29) is 10.7 Å². The topological polar surface area (TPSA) is 12.0 Å². The van der Waals surface area contributed by atoms with Gasteiger partial charge in [0, 0.05) is 11.4 Å². The summed E-state index contributed by atoms with van der Waals surface area (Å²) in [5.41, 5.74) is 0.705. The van der Waals surface area contributed by atoms with Gasteiger partial charge in [0.2, 0.25) is 0 Å². The second-order valence-electron chi connectivity index (χ2n) is 3.96. The molecule has 0 saturated carbocycles. The molecule has 0 amide bonds. The van der Waals surface area contributed by atoms with Gasteiger partial charge in [-0.05, 0) is 49.0 Å². The van der Waals surface area contributed by atoms with Crippen molar-refractivity contribution < 1.29 is 13.2 Å². The Balaban J connectivity index is 2.34. The molecule has 0 fully saturated rings. The molecule has 2 aromatic rings. The molecule has 100 valence electrons. The molecule has 0 atom stereocenters. The summed E-state index contributed by atoms with van der Waals surface area (Å²) in [6.07, 6.45) is 0. The van der Waals surface area contributed by atoms with Gasteiger partial charge >= 0.3 is 0 Å². The number of rotatable bonds is 4. The van der Waals surface area contributed by atoms with Crippen molar-refractivity contribution in [3.63, 3.8) is 0 Å². The Hall–Kier alpha value is -1.46. The fourth-order valence-corrected chi connectivity index (χ4v) is 2.62. The minimum atomic E-state index is -0.499. The van der Waals surface area contributed by atoms with Crippen LogP contribution in [0.1, 0.15) is 5.56 Å². The van der Waals surface area contributed by atoms with Crippen molar-refractivity contribution in [1.29, 1.82) is 0 Å². The Bertz CT molecular complexity index is 587. The summed E-state index contributed by atoms with van der Waals surface area (Å²) < 4.78 is 39.9. The molecule has 2 rings (SSSR count). The molecule has 0 spiro atoms. The van der Waals surface area contributed by atoms with Crippen molar-refractivity contribution >= 4 is 11.8 Å². The van der Waals surface area contributed by atoms with Crippen LogP contribution in [0, 0.1) is 17.5 Å². The van der Waals surface area contributed by atoms with Crippen molar-refractivity contribution in [3.8, 4) is 0 Å². The van der Waals surface area contributed by atoms with Crippen LogP contribution in [0.5, 0.6) is 0 Å². The Morgan fingerprint density at radius 3 is 2.37 bits per heavy atom. The number of nitrogens with one attached hydrogen (secondary N) is 1. The van der Waals surface area contributed by atoms with Crippen LogP contribution >= 0.6 is 11.8 Å². The lowest BCUT2D eigenvalue weighted by molar-refractivity contribution is 0.577. The van der Waals surface area contributed by atoms with Crippen molar-refractivity contribution in [1.82, 2.24) is 5.32 Å². The third kappa shape index (κ3) is 3.52. The van der Waals surface area contributed by atoms with E-state index < -0.39 is 11.6 Å². The van der Waals surface area contributed by atoms with Gasteiger partial charge in [0.25, 0.3) is 0 Å². The summed E-state index contributed by atoms with van der Waals surface area (Å²) in [4.78, 5) is 0.879. The molecule has 0 aliphatic rings. The molecule has 0 heterocycles. The fraction of sp³-hybridized carbons (Fsp3) is 0.143. The Kier molecular flexibility index (Phi) is 4.50. The highest BCUT2D eigenvalue weighted by Crippen LogP contribution is 2.33.